The molecule has 0 heterocycles. The SMILES string of the molecule is O=C(O)CCCSSCCC(=O)O. The van der Waals surface area contributed by atoms with Crippen molar-refractivity contribution in [1.82, 2.24) is 0 Å². The summed E-state index contributed by atoms with van der Waals surface area (Å²) in [5, 5.41) is 16.6. The zero-order valence-electron chi connectivity index (χ0n) is 7.06. The second kappa shape index (κ2) is 8.25. The lowest BCUT2D eigenvalue weighted by molar-refractivity contribution is -0.137. The lowest BCUT2D eigenvalue weighted by atomic mass is 10.3. The Balaban J connectivity index is 3.00. The Kier molecular flexibility index (Phi) is 8.02. The predicted octanol–water partition coefficient (Wildman–Crippen LogP) is 1.71. The van der Waals surface area contributed by atoms with Crippen LogP contribution < -0.4 is 0 Å². The highest BCUT2D eigenvalue weighted by molar-refractivity contribution is 8.76. The quantitative estimate of drug-likeness (QED) is 0.483. The second-order valence-electron chi connectivity index (χ2n) is 2.28. The van der Waals surface area contributed by atoms with Gasteiger partial charge in [0, 0.05) is 17.9 Å². The van der Waals surface area contributed by atoms with E-state index >= 15 is 0 Å². The van der Waals surface area contributed by atoms with Crippen molar-refractivity contribution in [2.45, 2.75) is 19.3 Å². The maximum atomic E-state index is 10.1. The molecule has 0 bridgehead atoms. The zero-order chi connectivity index (χ0) is 10.1. The van der Waals surface area contributed by atoms with Gasteiger partial charge in [-0.3, -0.25) is 9.59 Å². The minimum Gasteiger partial charge on any atom is -0.481 e. The first-order valence-electron chi connectivity index (χ1n) is 3.81. The van der Waals surface area contributed by atoms with Crippen molar-refractivity contribution < 1.29 is 19.8 Å². The Hall–Kier alpha value is -0.360. The Morgan fingerprint density at radius 3 is 2.00 bits per heavy atom. The summed E-state index contributed by atoms with van der Waals surface area (Å²) in [5.41, 5.74) is 0. The molecular formula is C7H12O4S2. The number of carbonyl (C=O) groups is 2. The molecule has 0 amide bonds. The van der Waals surface area contributed by atoms with E-state index in [9.17, 15) is 9.59 Å². The standard InChI is InChI=1S/C7H12O4S2/c8-6(9)2-1-4-12-13-5-3-7(10)11/h1-5H2,(H,8,9)(H,10,11). The maximum absolute atomic E-state index is 10.1. The van der Waals surface area contributed by atoms with E-state index in [-0.39, 0.29) is 12.8 Å². The smallest absolute Gasteiger partial charge is 0.304 e. The van der Waals surface area contributed by atoms with E-state index in [4.69, 9.17) is 10.2 Å². The van der Waals surface area contributed by atoms with Crippen LogP contribution in [0.1, 0.15) is 19.3 Å². The molecule has 4 nitrogen and oxygen atoms in total. The minimum atomic E-state index is -0.793. The molecular weight excluding hydrogens is 212 g/mol. The van der Waals surface area contributed by atoms with Crippen molar-refractivity contribution in [3.63, 3.8) is 0 Å². The first-order chi connectivity index (χ1) is 6.13. The molecule has 0 aromatic heterocycles. The fourth-order valence-corrected chi connectivity index (χ4v) is 2.60. The number of hydrogen-bond donors (Lipinski definition) is 2. The van der Waals surface area contributed by atoms with Gasteiger partial charge in [0.2, 0.25) is 0 Å². The van der Waals surface area contributed by atoms with Crippen molar-refractivity contribution >= 4 is 33.5 Å². The Bertz CT molecular complexity index is 154. The third-order valence-electron chi connectivity index (χ3n) is 1.10. The molecule has 0 aromatic rings. The van der Waals surface area contributed by atoms with Crippen LogP contribution in [-0.4, -0.2) is 33.7 Å². The van der Waals surface area contributed by atoms with Crippen molar-refractivity contribution in [2.75, 3.05) is 11.5 Å². The summed E-state index contributed by atoms with van der Waals surface area (Å²) < 4.78 is 0. The van der Waals surface area contributed by atoms with Gasteiger partial charge in [-0.2, -0.15) is 0 Å². The van der Waals surface area contributed by atoms with Crippen LogP contribution in [0.5, 0.6) is 0 Å². The van der Waals surface area contributed by atoms with Crippen LogP contribution in [-0.2, 0) is 9.59 Å². The van der Waals surface area contributed by atoms with Crippen molar-refractivity contribution in [3.8, 4) is 0 Å². The van der Waals surface area contributed by atoms with Gasteiger partial charge in [0.1, 0.15) is 0 Å². The predicted molar refractivity (Wildman–Crippen MR) is 54.0 cm³/mol. The van der Waals surface area contributed by atoms with E-state index in [1.165, 1.54) is 21.6 Å². The third-order valence-corrected chi connectivity index (χ3v) is 3.59. The summed E-state index contributed by atoms with van der Waals surface area (Å²) in [7, 11) is 3.00. The van der Waals surface area contributed by atoms with Gasteiger partial charge >= 0.3 is 11.9 Å². The van der Waals surface area contributed by atoms with Gasteiger partial charge in [-0.15, -0.1) is 0 Å². The molecule has 13 heavy (non-hydrogen) atoms. The molecule has 76 valence electrons. The molecule has 0 aliphatic carbocycles. The minimum absolute atomic E-state index is 0.163. The van der Waals surface area contributed by atoms with E-state index < -0.39 is 11.9 Å². The molecule has 0 spiro atoms. The molecule has 0 unspecified atom stereocenters. The van der Waals surface area contributed by atoms with Gasteiger partial charge in [-0.1, -0.05) is 21.6 Å². The molecule has 0 rings (SSSR count). The van der Waals surface area contributed by atoms with Gasteiger partial charge in [-0.25, -0.2) is 0 Å². The van der Waals surface area contributed by atoms with Gasteiger partial charge < -0.3 is 10.2 Å². The van der Waals surface area contributed by atoms with Crippen LogP contribution >= 0.6 is 21.6 Å². The van der Waals surface area contributed by atoms with Crippen LogP contribution in [0.15, 0.2) is 0 Å². The molecule has 0 aromatic carbocycles. The molecule has 0 saturated heterocycles. The first kappa shape index (κ1) is 12.6. The number of aliphatic carboxylic acids is 2. The molecule has 0 aliphatic rings. The fourth-order valence-electron chi connectivity index (χ4n) is 0.529. The largest absolute Gasteiger partial charge is 0.481 e. The number of carboxylic acids is 2. The zero-order valence-corrected chi connectivity index (χ0v) is 8.70. The molecule has 0 saturated carbocycles. The number of rotatable bonds is 8. The highest BCUT2D eigenvalue weighted by atomic mass is 33.1. The summed E-state index contributed by atoms with van der Waals surface area (Å²) in [6.07, 6.45) is 0.989. The average molecular weight is 224 g/mol. The Morgan fingerprint density at radius 1 is 0.923 bits per heavy atom. The van der Waals surface area contributed by atoms with Crippen molar-refractivity contribution in [3.05, 3.63) is 0 Å². The van der Waals surface area contributed by atoms with Crippen molar-refractivity contribution in [1.29, 1.82) is 0 Å². The van der Waals surface area contributed by atoms with E-state index in [0.29, 0.717) is 12.2 Å². The van der Waals surface area contributed by atoms with Crippen LogP contribution in [0.3, 0.4) is 0 Å². The first-order valence-corrected chi connectivity index (χ1v) is 6.29. The Morgan fingerprint density at radius 2 is 1.46 bits per heavy atom. The highest BCUT2D eigenvalue weighted by Crippen LogP contribution is 2.22. The van der Waals surface area contributed by atoms with Crippen LogP contribution in [0.25, 0.3) is 0 Å². The van der Waals surface area contributed by atoms with Gasteiger partial charge in [0.15, 0.2) is 0 Å². The molecule has 0 aliphatic heterocycles. The normalized spacial score (nSPS) is 9.85. The molecule has 2 N–H and O–H groups in total. The summed E-state index contributed by atoms with van der Waals surface area (Å²) in [6.45, 7) is 0. The number of hydrogen-bond acceptors (Lipinski definition) is 4. The van der Waals surface area contributed by atoms with Crippen LogP contribution in [0, 0.1) is 0 Å². The van der Waals surface area contributed by atoms with Crippen LogP contribution in [0.4, 0.5) is 0 Å². The molecule has 0 fully saturated rings. The lowest BCUT2D eigenvalue weighted by Crippen LogP contribution is -1.96. The third kappa shape index (κ3) is 11.6. The monoisotopic (exact) mass is 224 g/mol. The summed E-state index contributed by atoms with van der Waals surface area (Å²) in [4.78, 5) is 20.2. The highest BCUT2D eigenvalue weighted by Gasteiger charge is 1.98. The lowest BCUT2D eigenvalue weighted by Gasteiger charge is -1.97. The topological polar surface area (TPSA) is 74.6 Å². The molecule has 0 radical (unpaired) electrons. The maximum Gasteiger partial charge on any atom is 0.304 e. The van der Waals surface area contributed by atoms with Crippen molar-refractivity contribution in [2.24, 2.45) is 0 Å². The summed E-state index contributed by atoms with van der Waals surface area (Å²) in [5.74, 6) is -0.237. The average Bonchev–Trinajstić information content (AvgIpc) is 2.01. The van der Waals surface area contributed by atoms with Gasteiger partial charge in [-0.05, 0) is 6.42 Å². The Labute approximate surface area is 84.5 Å². The van der Waals surface area contributed by atoms with E-state index in [0.717, 1.165) is 5.75 Å². The second-order valence-corrected chi connectivity index (χ2v) is 4.99. The van der Waals surface area contributed by atoms with E-state index in [1.54, 1.807) is 0 Å². The summed E-state index contributed by atoms with van der Waals surface area (Å²) in [6, 6.07) is 0. The van der Waals surface area contributed by atoms with Gasteiger partial charge in [0.05, 0.1) is 6.42 Å². The molecule has 0 atom stereocenters. The van der Waals surface area contributed by atoms with E-state index in [1.807, 2.05) is 0 Å². The molecule has 6 heteroatoms. The van der Waals surface area contributed by atoms with Gasteiger partial charge in [0.25, 0.3) is 0 Å². The number of carboxylic acid groups (broad SMARTS) is 2. The fraction of sp³-hybridized carbons (Fsp3) is 0.714. The van der Waals surface area contributed by atoms with E-state index in [2.05, 4.69) is 0 Å². The van der Waals surface area contributed by atoms with Crippen LogP contribution in [0.2, 0.25) is 0 Å². The summed E-state index contributed by atoms with van der Waals surface area (Å²) >= 11 is 0.